The van der Waals surface area contributed by atoms with Gasteiger partial charge in [-0.2, -0.15) is 0 Å². The third kappa shape index (κ3) is 2.01. The van der Waals surface area contributed by atoms with E-state index in [1.165, 1.54) is 18.7 Å². The zero-order valence-corrected chi connectivity index (χ0v) is 7.43. The number of benzene rings is 1. The average molecular weight is 192 g/mol. The van der Waals surface area contributed by atoms with Crippen LogP contribution < -0.4 is 11.1 Å². The Labute approximate surface area is 81.4 Å². The number of para-hydroxylation sites is 1. The molecule has 0 aliphatic rings. The zero-order valence-electron chi connectivity index (χ0n) is 7.43. The van der Waals surface area contributed by atoms with Gasteiger partial charge in [0.15, 0.2) is 0 Å². The van der Waals surface area contributed by atoms with Crippen molar-refractivity contribution in [1.29, 1.82) is 0 Å². The molecule has 0 heterocycles. The second-order valence-corrected chi connectivity index (χ2v) is 2.55. The van der Waals surface area contributed by atoms with Crippen molar-refractivity contribution in [3.63, 3.8) is 0 Å². The first-order valence-electron chi connectivity index (χ1n) is 3.90. The summed E-state index contributed by atoms with van der Waals surface area (Å²) in [5.41, 5.74) is 5.85. The molecule has 73 valence electrons. The van der Waals surface area contributed by atoms with Gasteiger partial charge in [0.25, 0.3) is 0 Å². The Hall–Kier alpha value is -2.04. The van der Waals surface area contributed by atoms with Crippen molar-refractivity contribution in [2.24, 2.45) is 0 Å². The quantitative estimate of drug-likeness (QED) is 0.434. The van der Waals surface area contributed by atoms with Crippen LogP contribution in [0.15, 0.2) is 30.9 Å². The molecule has 1 radical (unpaired) electrons. The highest BCUT2D eigenvalue weighted by Crippen LogP contribution is 2.30. The van der Waals surface area contributed by atoms with Crippen LogP contribution in [0.1, 0.15) is 0 Å². The monoisotopic (exact) mass is 192 g/mol. The van der Waals surface area contributed by atoms with E-state index >= 15 is 0 Å². The third-order valence-electron chi connectivity index (χ3n) is 1.61. The highest BCUT2D eigenvalue weighted by atomic mass is 16.6. The van der Waals surface area contributed by atoms with Gasteiger partial charge in [0.1, 0.15) is 11.4 Å². The van der Waals surface area contributed by atoms with Gasteiger partial charge in [0.2, 0.25) is 0 Å². The van der Waals surface area contributed by atoms with Gasteiger partial charge in [0, 0.05) is 0 Å². The van der Waals surface area contributed by atoms with Gasteiger partial charge >= 0.3 is 5.69 Å². The number of nitrogen functional groups attached to an aromatic ring is 1. The Balaban J connectivity index is 3.07. The predicted octanol–water partition coefficient (Wildman–Crippen LogP) is 1.94. The lowest BCUT2D eigenvalue weighted by Gasteiger charge is -2.05. The van der Waals surface area contributed by atoms with Crippen molar-refractivity contribution in [3.05, 3.63) is 47.5 Å². The van der Waals surface area contributed by atoms with Gasteiger partial charge in [-0.15, -0.1) is 6.58 Å². The van der Waals surface area contributed by atoms with Gasteiger partial charge < -0.3 is 11.1 Å². The minimum absolute atomic E-state index is 0.120. The molecule has 3 N–H and O–H groups in total. The van der Waals surface area contributed by atoms with Crippen LogP contribution >= 0.6 is 0 Å². The van der Waals surface area contributed by atoms with Crippen LogP contribution in [-0.2, 0) is 0 Å². The number of hydrogen-bond acceptors (Lipinski definition) is 4. The van der Waals surface area contributed by atoms with Crippen molar-refractivity contribution in [2.45, 2.75) is 0 Å². The summed E-state index contributed by atoms with van der Waals surface area (Å²) in [6.07, 6.45) is 1.49. The van der Waals surface area contributed by atoms with Gasteiger partial charge in [-0.1, -0.05) is 12.1 Å². The molecule has 0 aliphatic carbocycles. The van der Waals surface area contributed by atoms with Crippen molar-refractivity contribution in [1.82, 2.24) is 0 Å². The number of anilines is 2. The molecule has 1 rings (SSSR count). The van der Waals surface area contributed by atoms with E-state index < -0.39 is 4.92 Å². The van der Waals surface area contributed by atoms with Gasteiger partial charge in [-0.3, -0.25) is 10.1 Å². The maximum Gasteiger partial charge on any atom is 0.314 e. The molecule has 1 aromatic carbocycles. The molecule has 0 unspecified atom stereocenters. The summed E-state index contributed by atoms with van der Waals surface area (Å²) in [6, 6.07) is 4.70. The van der Waals surface area contributed by atoms with E-state index in [0.717, 1.165) is 0 Å². The molecular weight excluding hydrogens is 182 g/mol. The lowest BCUT2D eigenvalue weighted by Crippen LogP contribution is -2.01. The maximum atomic E-state index is 10.7. The molecule has 0 bridgehead atoms. The van der Waals surface area contributed by atoms with Crippen LogP contribution in [0.2, 0.25) is 0 Å². The predicted molar refractivity (Wildman–Crippen MR) is 55.6 cm³/mol. The van der Waals surface area contributed by atoms with Crippen LogP contribution in [0.4, 0.5) is 17.1 Å². The summed E-state index contributed by atoms with van der Waals surface area (Å²) in [5, 5.41) is 13.4. The van der Waals surface area contributed by atoms with E-state index in [9.17, 15) is 10.1 Å². The van der Waals surface area contributed by atoms with E-state index in [0.29, 0.717) is 5.69 Å². The third-order valence-corrected chi connectivity index (χ3v) is 1.61. The Morgan fingerprint density at radius 1 is 1.57 bits per heavy atom. The molecule has 0 saturated heterocycles. The molecule has 5 nitrogen and oxygen atoms in total. The van der Waals surface area contributed by atoms with E-state index in [1.807, 2.05) is 0 Å². The molecule has 0 atom stereocenters. The van der Waals surface area contributed by atoms with Crippen molar-refractivity contribution >= 4 is 17.1 Å². The van der Waals surface area contributed by atoms with Gasteiger partial charge in [-0.05, 0) is 12.1 Å². The molecule has 0 spiro atoms. The maximum absolute atomic E-state index is 10.7. The Kier molecular flexibility index (Phi) is 3.06. The summed E-state index contributed by atoms with van der Waals surface area (Å²) >= 11 is 0. The fourth-order valence-corrected chi connectivity index (χ4v) is 1.03. The minimum atomic E-state index is -0.519. The number of nitro groups is 1. The van der Waals surface area contributed by atoms with E-state index in [2.05, 4.69) is 11.9 Å². The highest BCUT2D eigenvalue weighted by molar-refractivity contribution is 5.74. The normalized spacial score (nSPS) is 9.43. The molecule has 1 aromatic rings. The second-order valence-electron chi connectivity index (χ2n) is 2.55. The molecule has 5 heteroatoms. The summed E-state index contributed by atoms with van der Waals surface area (Å²) < 4.78 is 0. The molecule has 0 aromatic heterocycles. The van der Waals surface area contributed by atoms with Crippen molar-refractivity contribution < 1.29 is 4.92 Å². The van der Waals surface area contributed by atoms with Crippen LogP contribution in [-0.4, -0.2) is 4.92 Å². The highest BCUT2D eigenvalue weighted by Gasteiger charge is 2.16. The molecular formula is C9H10N3O2. The molecule has 14 heavy (non-hydrogen) atoms. The second kappa shape index (κ2) is 4.27. The van der Waals surface area contributed by atoms with E-state index in [-0.39, 0.29) is 11.4 Å². The number of nitrogens with one attached hydrogen (secondary N) is 1. The van der Waals surface area contributed by atoms with Gasteiger partial charge in [0.05, 0.1) is 11.5 Å². The lowest BCUT2D eigenvalue weighted by molar-refractivity contribution is -0.383. The van der Waals surface area contributed by atoms with E-state index in [1.54, 1.807) is 12.1 Å². The first-order valence-corrected chi connectivity index (χ1v) is 3.90. The average Bonchev–Trinajstić information content (AvgIpc) is 2.14. The number of nitrogens with two attached hydrogens (primary N) is 1. The summed E-state index contributed by atoms with van der Waals surface area (Å²) in [4.78, 5) is 10.1. The van der Waals surface area contributed by atoms with Crippen LogP contribution in [0.5, 0.6) is 0 Å². The number of nitrogens with zero attached hydrogens (tertiary/aromatic N) is 1. The first kappa shape index (κ1) is 10.0. The Morgan fingerprint density at radius 3 is 2.86 bits per heavy atom. The number of hydrogen-bond donors (Lipinski definition) is 2. The lowest BCUT2D eigenvalue weighted by atomic mass is 10.2. The molecule has 0 amide bonds. The number of rotatable bonds is 4. The summed E-state index contributed by atoms with van der Waals surface area (Å²) in [5.74, 6) is 0. The summed E-state index contributed by atoms with van der Waals surface area (Å²) in [6.45, 7) is 4.96. The molecule has 0 aliphatic heterocycles. The topological polar surface area (TPSA) is 81.2 Å². The standard InChI is InChI=1S/C9H10N3O2/c1-2-6-11-8-5-3-4-7(10)9(8)12(13)14/h2-6,11H,1,10H2. The van der Waals surface area contributed by atoms with Crippen molar-refractivity contribution in [2.75, 3.05) is 11.1 Å². The Morgan fingerprint density at radius 2 is 2.29 bits per heavy atom. The molecule has 0 saturated carbocycles. The SMILES string of the molecule is C=C[CH]Nc1cccc(N)c1[N+](=O)[O-]. The Bertz CT molecular complexity index is 363. The largest absolute Gasteiger partial charge is 0.393 e. The van der Waals surface area contributed by atoms with Gasteiger partial charge in [-0.25, -0.2) is 0 Å². The van der Waals surface area contributed by atoms with E-state index in [4.69, 9.17) is 5.73 Å². The zero-order chi connectivity index (χ0) is 10.6. The minimum Gasteiger partial charge on any atom is -0.393 e. The fourth-order valence-electron chi connectivity index (χ4n) is 1.03. The van der Waals surface area contributed by atoms with Crippen LogP contribution in [0.3, 0.4) is 0 Å². The fraction of sp³-hybridized carbons (Fsp3) is 0. The number of nitro benzene ring substituents is 1. The van der Waals surface area contributed by atoms with Crippen LogP contribution in [0, 0.1) is 16.7 Å². The van der Waals surface area contributed by atoms with Crippen molar-refractivity contribution in [3.8, 4) is 0 Å². The molecule has 0 fully saturated rings. The van der Waals surface area contributed by atoms with Crippen LogP contribution in [0.25, 0.3) is 0 Å². The smallest absolute Gasteiger partial charge is 0.314 e. The summed E-state index contributed by atoms with van der Waals surface area (Å²) in [7, 11) is 0. The first-order chi connectivity index (χ1) is 6.66.